The van der Waals surface area contributed by atoms with Gasteiger partial charge < -0.3 is 19.2 Å². The van der Waals surface area contributed by atoms with Crippen molar-refractivity contribution in [3.05, 3.63) is 58.6 Å². The van der Waals surface area contributed by atoms with Gasteiger partial charge in [0.05, 0.1) is 25.0 Å². The van der Waals surface area contributed by atoms with Crippen molar-refractivity contribution in [3.63, 3.8) is 0 Å². The first kappa shape index (κ1) is 22.0. The van der Waals surface area contributed by atoms with Crippen LogP contribution in [0.1, 0.15) is 55.4 Å². The molecule has 1 N–H and O–H groups in total. The molecule has 0 unspecified atom stereocenters. The van der Waals surface area contributed by atoms with Crippen molar-refractivity contribution >= 4 is 23.2 Å². The number of amides is 2. The maximum atomic E-state index is 13.9. The molecule has 0 saturated heterocycles. The van der Waals surface area contributed by atoms with Crippen molar-refractivity contribution in [1.82, 2.24) is 14.8 Å². The van der Waals surface area contributed by atoms with Crippen LogP contribution in [-0.4, -0.2) is 32.9 Å². The molecular weight excluding hydrogens is 434 g/mol. The van der Waals surface area contributed by atoms with E-state index in [1.54, 1.807) is 22.5 Å². The van der Waals surface area contributed by atoms with E-state index in [-0.39, 0.29) is 17.9 Å². The fraction of sp³-hybridized carbons (Fsp3) is 0.462. The minimum Gasteiger partial charge on any atom is -0.463 e. The molecule has 2 amide bonds. The molecule has 174 valence electrons. The van der Waals surface area contributed by atoms with Crippen LogP contribution in [0.4, 0.5) is 0 Å². The molecule has 1 aliphatic carbocycles. The molecule has 1 fully saturated rings. The number of thiophene rings is 1. The van der Waals surface area contributed by atoms with Crippen LogP contribution >= 0.6 is 11.3 Å². The van der Waals surface area contributed by atoms with Gasteiger partial charge in [-0.3, -0.25) is 9.59 Å². The number of carbonyl (C=O) groups is 2. The zero-order valence-electron chi connectivity index (χ0n) is 19.4. The van der Waals surface area contributed by atoms with Gasteiger partial charge in [-0.2, -0.15) is 0 Å². The van der Waals surface area contributed by atoms with Crippen LogP contribution in [0, 0.1) is 11.8 Å². The van der Waals surface area contributed by atoms with Crippen LogP contribution in [0.3, 0.4) is 0 Å². The minimum absolute atomic E-state index is 0.0805. The Balaban J connectivity index is 1.51. The van der Waals surface area contributed by atoms with E-state index >= 15 is 0 Å². The van der Waals surface area contributed by atoms with Crippen molar-refractivity contribution in [3.8, 4) is 11.5 Å². The summed E-state index contributed by atoms with van der Waals surface area (Å²) in [6.45, 7) is 7.19. The quantitative estimate of drug-likeness (QED) is 0.566. The number of fused-ring (bicyclic) bond motifs is 1. The third-order valence-corrected chi connectivity index (χ3v) is 8.55. The van der Waals surface area contributed by atoms with E-state index in [1.807, 2.05) is 53.3 Å². The average molecular weight is 466 g/mol. The first-order valence-corrected chi connectivity index (χ1v) is 12.6. The Labute approximate surface area is 198 Å². The third kappa shape index (κ3) is 3.82. The molecule has 33 heavy (non-hydrogen) atoms. The molecule has 4 atom stereocenters. The van der Waals surface area contributed by atoms with Crippen molar-refractivity contribution in [2.45, 2.75) is 64.7 Å². The number of hydrogen-bond donors (Lipinski definition) is 1. The van der Waals surface area contributed by atoms with Gasteiger partial charge in [0.2, 0.25) is 5.91 Å². The molecule has 3 aromatic rings. The lowest BCUT2D eigenvalue weighted by atomic mass is 9.77. The van der Waals surface area contributed by atoms with Gasteiger partial charge in [0, 0.05) is 10.9 Å². The molecule has 4 heterocycles. The van der Waals surface area contributed by atoms with E-state index in [0.29, 0.717) is 36.4 Å². The monoisotopic (exact) mass is 465 g/mol. The Kier molecular flexibility index (Phi) is 5.69. The zero-order valence-corrected chi connectivity index (χ0v) is 20.2. The summed E-state index contributed by atoms with van der Waals surface area (Å²) in [5.74, 6) is 1.47. The molecule has 7 heteroatoms. The van der Waals surface area contributed by atoms with E-state index < -0.39 is 5.54 Å². The summed E-state index contributed by atoms with van der Waals surface area (Å²) in [7, 11) is 0. The fourth-order valence-electron chi connectivity index (χ4n) is 5.33. The van der Waals surface area contributed by atoms with Crippen LogP contribution in [0.15, 0.2) is 52.5 Å². The maximum absolute atomic E-state index is 13.9. The number of aromatic nitrogens is 1. The predicted octanol–water partition coefficient (Wildman–Crippen LogP) is 5.17. The average Bonchev–Trinajstić information content (AvgIpc) is 3.56. The summed E-state index contributed by atoms with van der Waals surface area (Å²) >= 11 is 1.60. The summed E-state index contributed by atoms with van der Waals surface area (Å²) in [5, 5.41) is 5.35. The molecule has 3 aromatic heterocycles. The number of hydrogen-bond acceptors (Lipinski definition) is 4. The van der Waals surface area contributed by atoms with Crippen LogP contribution in [0.25, 0.3) is 11.5 Å². The van der Waals surface area contributed by atoms with Gasteiger partial charge in [-0.15, -0.1) is 11.3 Å². The largest absolute Gasteiger partial charge is 0.463 e. The maximum Gasteiger partial charge on any atom is 0.271 e. The van der Waals surface area contributed by atoms with Gasteiger partial charge in [0.1, 0.15) is 17.0 Å². The van der Waals surface area contributed by atoms with E-state index in [0.717, 1.165) is 23.4 Å². The Morgan fingerprint density at radius 1 is 1.18 bits per heavy atom. The number of nitrogens with zero attached hydrogens (tertiary/aromatic N) is 2. The number of rotatable bonds is 5. The van der Waals surface area contributed by atoms with Crippen LogP contribution in [-0.2, 0) is 17.9 Å². The van der Waals surface area contributed by atoms with Crippen molar-refractivity contribution < 1.29 is 14.0 Å². The Hall–Kier alpha value is -2.80. The Morgan fingerprint density at radius 2 is 2.00 bits per heavy atom. The second kappa shape index (κ2) is 8.52. The molecular formula is C26H31N3O3S. The molecule has 1 saturated carbocycles. The van der Waals surface area contributed by atoms with Gasteiger partial charge in [-0.1, -0.05) is 32.8 Å². The lowest BCUT2D eigenvalue weighted by Crippen LogP contribution is -2.65. The van der Waals surface area contributed by atoms with Crippen molar-refractivity contribution in [2.75, 3.05) is 0 Å². The van der Waals surface area contributed by atoms with Crippen LogP contribution in [0.5, 0.6) is 0 Å². The Bertz CT molecular complexity index is 1130. The number of furan rings is 1. The summed E-state index contributed by atoms with van der Waals surface area (Å²) < 4.78 is 7.57. The lowest BCUT2D eigenvalue weighted by molar-refractivity contribution is -0.134. The molecule has 0 bridgehead atoms. The lowest BCUT2D eigenvalue weighted by Gasteiger charge is -2.45. The number of carbonyl (C=O) groups excluding carboxylic acids is 2. The molecule has 6 nitrogen and oxygen atoms in total. The predicted molar refractivity (Wildman–Crippen MR) is 129 cm³/mol. The highest BCUT2D eigenvalue weighted by Crippen LogP contribution is 2.36. The topological polar surface area (TPSA) is 67.5 Å². The summed E-state index contributed by atoms with van der Waals surface area (Å²) in [6.07, 6.45) is 4.93. The summed E-state index contributed by atoms with van der Waals surface area (Å²) in [6, 6.07) is 11.6. The van der Waals surface area contributed by atoms with Gasteiger partial charge in [-0.25, -0.2) is 0 Å². The fourth-order valence-corrected chi connectivity index (χ4v) is 6.02. The molecule has 0 aromatic carbocycles. The summed E-state index contributed by atoms with van der Waals surface area (Å²) in [4.78, 5) is 30.5. The highest BCUT2D eigenvalue weighted by Gasteiger charge is 2.49. The minimum atomic E-state index is -1.02. The van der Waals surface area contributed by atoms with Crippen LogP contribution < -0.4 is 5.32 Å². The highest BCUT2D eigenvalue weighted by atomic mass is 32.1. The molecule has 0 radical (unpaired) electrons. The molecule has 5 rings (SSSR count). The third-order valence-electron chi connectivity index (χ3n) is 7.69. The molecule has 2 aliphatic rings. The van der Waals surface area contributed by atoms with Gasteiger partial charge in [0.15, 0.2) is 0 Å². The molecule has 0 spiro atoms. The van der Waals surface area contributed by atoms with Gasteiger partial charge in [-0.05, 0) is 60.9 Å². The standard InChI is InChI=1S/C26H31N3O3S/c1-17-7-4-9-20(18(17)2)27-25(31)26(3)16-28-21(23-10-5-13-32-23)11-12-22(28)24(30)29(26)15-19-8-6-14-33-19/h5-6,8,10-14,17-18,20H,4,7,9,15-16H2,1-3H3,(H,27,31)/t17-,18-,20+,26-/m1/s1. The van der Waals surface area contributed by atoms with E-state index in [4.69, 9.17) is 4.42 Å². The SMILES string of the molecule is C[C@@H]1[C@H](C)CCC[C@@H]1NC(=O)[C@@]1(C)Cn2c(ccc2-c2ccco2)C(=O)N1Cc1cccs1. The number of nitrogens with one attached hydrogen (secondary N) is 1. The second-order valence-electron chi connectivity index (χ2n) is 9.76. The van der Waals surface area contributed by atoms with E-state index in [2.05, 4.69) is 19.2 Å². The highest BCUT2D eigenvalue weighted by molar-refractivity contribution is 7.09. The zero-order chi connectivity index (χ0) is 23.2. The second-order valence-corrected chi connectivity index (χ2v) is 10.8. The van der Waals surface area contributed by atoms with E-state index in [1.165, 1.54) is 6.42 Å². The van der Waals surface area contributed by atoms with Crippen LogP contribution in [0.2, 0.25) is 0 Å². The summed E-state index contributed by atoms with van der Waals surface area (Å²) in [5.41, 5.74) is 0.384. The van der Waals surface area contributed by atoms with Crippen molar-refractivity contribution in [1.29, 1.82) is 0 Å². The van der Waals surface area contributed by atoms with Gasteiger partial charge in [0.25, 0.3) is 5.91 Å². The first-order valence-electron chi connectivity index (χ1n) is 11.8. The first-order chi connectivity index (χ1) is 15.9. The normalized spacial score (nSPS) is 27.4. The van der Waals surface area contributed by atoms with E-state index in [9.17, 15) is 9.59 Å². The molecule has 1 aliphatic heterocycles. The van der Waals surface area contributed by atoms with Crippen molar-refractivity contribution in [2.24, 2.45) is 11.8 Å². The smallest absolute Gasteiger partial charge is 0.271 e. The Morgan fingerprint density at radius 3 is 2.73 bits per heavy atom. The van der Waals surface area contributed by atoms with Gasteiger partial charge >= 0.3 is 0 Å².